The number of nitrogens with one attached hydrogen (secondary N) is 1. The van der Waals surface area contributed by atoms with Gasteiger partial charge in [0, 0.05) is 13.5 Å². The lowest BCUT2D eigenvalue weighted by molar-refractivity contribution is -0.118. The first-order valence-electron chi connectivity index (χ1n) is 7.28. The fourth-order valence-corrected chi connectivity index (χ4v) is 2.13. The van der Waals surface area contributed by atoms with Crippen molar-refractivity contribution >= 4 is 12.0 Å². The van der Waals surface area contributed by atoms with E-state index in [9.17, 15) is 4.79 Å². The summed E-state index contributed by atoms with van der Waals surface area (Å²) in [4.78, 5) is 10.7. The first kappa shape index (κ1) is 15.0. The van der Waals surface area contributed by atoms with Gasteiger partial charge in [0.05, 0.1) is 0 Å². The van der Waals surface area contributed by atoms with Gasteiger partial charge in [-0.1, -0.05) is 66.7 Å². The molecule has 2 heteroatoms. The van der Waals surface area contributed by atoms with Crippen molar-refractivity contribution in [3.63, 3.8) is 0 Å². The van der Waals surface area contributed by atoms with Gasteiger partial charge in [-0.3, -0.25) is 4.79 Å². The van der Waals surface area contributed by atoms with Gasteiger partial charge in [-0.2, -0.15) is 0 Å². The largest absolute Gasteiger partial charge is 0.356 e. The second-order valence-electron chi connectivity index (χ2n) is 5.08. The molecule has 0 atom stereocenters. The van der Waals surface area contributed by atoms with E-state index in [4.69, 9.17) is 0 Å². The van der Waals surface area contributed by atoms with Crippen LogP contribution in [0.5, 0.6) is 0 Å². The third kappa shape index (κ3) is 5.65. The van der Waals surface area contributed by atoms with Gasteiger partial charge in [0.2, 0.25) is 5.91 Å². The van der Waals surface area contributed by atoms with Crippen LogP contribution in [0.2, 0.25) is 0 Å². The van der Waals surface area contributed by atoms with Crippen LogP contribution in [0.25, 0.3) is 6.08 Å². The van der Waals surface area contributed by atoms with Crippen LogP contribution in [-0.4, -0.2) is 12.5 Å². The van der Waals surface area contributed by atoms with Crippen LogP contribution in [0.4, 0.5) is 0 Å². The Hall–Kier alpha value is -2.35. The molecule has 2 nitrogen and oxygen atoms in total. The summed E-state index contributed by atoms with van der Waals surface area (Å²) >= 11 is 0. The van der Waals surface area contributed by atoms with Gasteiger partial charge in [0.1, 0.15) is 0 Å². The Bertz CT molecular complexity index is 585. The maximum Gasteiger partial charge on any atom is 0.216 e. The zero-order valence-corrected chi connectivity index (χ0v) is 12.4. The molecule has 1 N–H and O–H groups in total. The molecule has 2 aromatic carbocycles. The average molecular weight is 279 g/mol. The van der Waals surface area contributed by atoms with E-state index >= 15 is 0 Å². The van der Waals surface area contributed by atoms with E-state index in [2.05, 4.69) is 66.0 Å². The number of benzene rings is 2. The van der Waals surface area contributed by atoms with Crippen molar-refractivity contribution in [2.24, 2.45) is 0 Å². The van der Waals surface area contributed by atoms with E-state index in [1.165, 1.54) is 23.6 Å². The van der Waals surface area contributed by atoms with Gasteiger partial charge < -0.3 is 5.32 Å². The topological polar surface area (TPSA) is 29.1 Å². The van der Waals surface area contributed by atoms with Crippen molar-refractivity contribution in [2.75, 3.05) is 6.54 Å². The van der Waals surface area contributed by atoms with E-state index in [0.29, 0.717) is 6.54 Å². The molecular weight excluding hydrogens is 258 g/mol. The quantitative estimate of drug-likeness (QED) is 0.800. The number of amides is 1. The minimum absolute atomic E-state index is 0.0219. The third-order valence-corrected chi connectivity index (χ3v) is 3.23. The van der Waals surface area contributed by atoms with Gasteiger partial charge in [0.25, 0.3) is 0 Å². The Morgan fingerprint density at radius 1 is 1.00 bits per heavy atom. The molecule has 0 aromatic heterocycles. The lowest BCUT2D eigenvalue weighted by atomic mass is 10.0. The van der Waals surface area contributed by atoms with Crippen molar-refractivity contribution in [1.29, 1.82) is 0 Å². The summed E-state index contributed by atoms with van der Waals surface area (Å²) in [6.07, 6.45) is 6.00. The van der Waals surface area contributed by atoms with Crippen LogP contribution in [0, 0.1) is 0 Å². The summed E-state index contributed by atoms with van der Waals surface area (Å²) < 4.78 is 0. The minimum Gasteiger partial charge on any atom is -0.356 e. The summed E-state index contributed by atoms with van der Waals surface area (Å²) in [7, 11) is 0. The predicted octanol–water partition coefficient (Wildman–Crippen LogP) is 3.82. The number of rotatable bonds is 6. The lowest BCUT2D eigenvalue weighted by Crippen LogP contribution is -2.20. The molecule has 0 fully saturated rings. The van der Waals surface area contributed by atoms with E-state index in [0.717, 1.165) is 12.8 Å². The van der Waals surface area contributed by atoms with Gasteiger partial charge in [0.15, 0.2) is 0 Å². The maximum absolute atomic E-state index is 10.7. The van der Waals surface area contributed by atoms with E-state index in [-0.39, 0.29) is 5.91 Å². The van der Waals surface area contributed by atoms with Crippen molar-refractivity contribution in [3.8, 4) is 0 Å². The Morgan fingerprint density at radius 2 is 1.67 bits per heavy atom. The first-order valence-corrected chi connectivity index (χ1v) is 7.28. The van der Waals surface area contributed by atoms with Crippen LogP contribution in [-0.2, 0) is 11.2 Å². The standard InChI is InChI=1S/C19H21NO/c1-16(21)20-14-6-5-7-17-10-12-19(13-11-17)15-18-8-3-2-4-9-18/h2-5,7-13H,6,14-15H2,1H3,(H,20,21). The predicted molar refractivity (Wildman–Crippen MR) is 88.0 cm³/mol. The fourth-order valence-electron chi connectivity index (χ4n) is 2.13. The molecule has 0 heterocycles. The Morgan fingerprint density at radius 3 is 2.33 bits per heavy atom. The SMILES string of the molecule is CC(=O)NCCC=Cc1ccc(Cc2ccccc2)cc1. The molecule has 0 saturated carbocycles. The number of hydrogen-bond donors (Lipinski definition) is 1. The zero-order valence-electron chi connectivity index (χ0n) is 12.4. The summed E-state index contributed by atoms with van der Waals surface area (Å²) in [6, 6.07) is 19.1. The average Bonchev–Trinajstić information content (AvgIpc) is 2.49. The van der Waals surface area contributed by atoms with Crippen LogP contribution < -0.4 is 5.32 Å². The normalized spacial score (nSPS) is 10.7. The number of hydrogen-bond acceptors (Lipinski definition) is 1. The van der Waals surface area contributed by atoms with Crippen LogP contribution in [0.3, 0.4) is 0 Å². The molecule has 0 unspecified atom stereocenters. The van der Waals surface area contributed by atoms with Crippen molar-refractivity contribution in [3.05, 3.63) is 77.4 Å². The smallest absolute Gasteiger partial charge is 0.216 e. The van der Waals surface area contributed by atoms with E-state index in [1.54, 1.807) is 0 Å². The van der Waals surface area contributed by atoms with Crippen LogP contribution in [0.1, 0.15) is 30.0 Å². The molecular formula is C19H21NO. The molecule has 2 rings (SSSR count). The van der Waals surface area contributed by atoms with Gasteiger partial charge in [-0.25, -0.2) is 0 Å². The molecule has 2 aromatic rings. The molecule has 108 valence electrons. The Labute approximate surface area is 126 Å². The van der Waals surface area contributed by atoms with Gasteiger partial charge >= 0.3 is 0 Å². The Balaban J connectivity index is 1.84. The first-order chi connectivity index (χ1) is 10.2. The molecule has 0 spiro atoms. The molecule has 0 radical (unpaired) electrons. The highest BCUT2D eigenvalue weighted by atomic mass is 16.1. The van der Waals surface area contributed by atoms with Crippen molar-refractivity contribution < 1.29 is 4.79 Å². The van der Waals surface area contributed by atoms with Crippen LogP contribution >= 0.6 is 0 Å². The molecule has 0 aliphatic rings. The second kappa shape index (κ2) is 8.05. The summed E-state index contributed by atoms with van der Waals surface area (Å²) in [6.45, 7) is 2.23. The highest BCUT2D eigenvalue weighted by Crippen LogP contribution is 2.11. The van der Waals surface area contributed by atoms with E-state index in [1.807, 2.05) is 6.07 Å². The third-order valence-electron chi connectivity index (χ3n) is 3.23. The molecule has 0 saturated heterocycles. The number of carbonyl (C=O) groups is 1. The Kier molecular flexibility index (Phi) is 5.77. The highest BCUT2D eigenvalue weighted by Gasteiger charge is 1.95. The van der Waals surface area contributed by atoms with E-state index < -0.39 is 0 Å². The molecule has 0 aliphatic heterocycles. The molecule has 21 heavy (non-hydrogen) atoms. The van der Waals surface area contributed by atoms with Gasteiger partial charge in [-0.05, 0) is 29.5 Å². The summed E-state index contributed by atoms with van der Waals surface area (Å²) in [5.41, 5.74) is 3.84. The van der Waals surface area contributed by atoms with Crippen molar-refractivity contribution in [2.45, 2.75) is 19.8 Å². The second-order valence-corrected chi connectivity index (χ2v) is 5.08. The monoisotopic (exact) mass is 279 g/mol. The maximum atomic E-state index is 10.7. The molecule has 0 bridgehead atoms. The number of carbonyl (C=O) groups excluding carboxylic acids is 1. The molecule has 1 amide bonds. The highest BCUT2D eigenvalue weighted by molar-refractivity contribution is 5.72. The summed E-state index contributed by atoms with van der Waals surface area (Å²) in [5.74, 6) is 0.0219. The minimum atomic E-state index is 0.0219. The van der Waals surface area contributed by atoms with Crippen molar-refractivity contribution in [1.82, 2.24) is 5.32 Å². The lowest BCUT2D eigenvalue weighted by Gasteiger charge is -2.02. The molecule has 0 aliphatic carbocycles. The van der Waals surface area contributed by atoms with Crippen LogP contribution in [0.15, 0.2) is 60.7 Å². The summed E-state index contributed by atoms with van der Waals surface area (Å²) in [5, 5.41) is 2.78. The zero-order chi connectivity index (χ0) is 14.9. The van der Waals surface area contributed by atoms with Gasteiger partial charge in [-0.15, -0.1) is 0 Å². The fraction of sp³-hybridized carbons (Fsp3) is 0.211.